The molecule has 0 spiro atoms. The van der Waals surface area contributed by atoms with Gasteiger partial charge in [-0.15, -0.1) is 0 Å². The number of ether oxygens (including phenoxy) is 1. The average Bonchev–Trinajstić information content (AvgIpc) is 2.38. The van der Waals surface area contributed by atoms with Gasteiger partial charge in [0.1, 0.15) is 23.1 Å². The van der Waals surface area contributed by atoms with Gasteiger partial charge in [0.25, 0.3) is 0 Å². The first-order chi connectivity index (χ1) is 9.49. The van der Waals surface area contributed by atoms with Gasteiger partial charge in [-0.25, -0.2) is 8.78 Å². The number of benzene rings is 2. The minimum absolute atomic E-state index is 0.0425. The summed E-state index contributed by atoms with van der Waals surface area (Å²) in [5, 5.41) is 3.11. The predicted molar refractivity (Wildman–Crippen MR) is 78.0 cm³/mol. The predicted octanol–water partition coefficient (Wildman–Crippen LogP) is 4.80. The molecule has 20 heavy (non-hydrogen) atoms. The quantitative estimate of drug-likeness (QED) is 0.862. The molecule has 0 saturated carbocycles. The van der Waals surface area contributed by atoms with Crippen molar-refractivity contribution in [2.24, 2.45) is 0 Å². The molecular weight excluding hydrogens is 328 g/mol. The molecule has 106 valence electrons. The van der Waals surface area contributed by atoms with Gasteiger partial charge in [-0.2, -0.15) is 0 Å². The number of halogens is 3. The molecule has 0 aliphatic heterocycles. The van der Waals surface area contributed by atoms with Crippen molar-refractivity contribution in [1.29, 1.82) is 0 Å². The molecule has 5 heteroatoms. The van der Waals surface area contributed by atoms with E-state index >= 15 is 0 Å². The van der Waals surface area contributed by atoms with Crippen LogP contribution in [0.2, 0.25) is 0 Å². The smallest absolute Gasteiger partial charge is 0.133 e. The summed E-state index contributed by atoms with van der Waals surface area (Å²) in [5.74, 6) is -0.643. The molecule has 0 fully saturated rings. The van der Waals surface area contributed by atoms with Crippen molar-refractivity contribution >= 4 is 15.9 Å². The SMILES string of the molecule is CNC(C)c1cc(Br)ccc1Oc1cc(F)cc(F)c1. The lowest BCUT2D eigenvalue weighted by Gasteiger charge is -2.17. The zero-order valence-corrected chi connectivity index (χ0v) is 12.7. The van der Waals surface area contributed by atoms with Crippen LogP contribution in [-0.4, -0.2) is 7.05 Å². The summed E-state index contributed by atoms with van der Waals surface area (Å²) in [6.07, 6.45) is 0. The molecule has 2 aromatic carbocycles. The lowest BCUT2D eigenvalue weighted by molar-refractivity contribution is 0.455. The third-order valence-corrected chi connectivity index (χ3v) is 3.43. The minimum Gasteiger partial charge on any atom is -0.457 e. The normalized spacial score (nSPS) is 12.2. The molecule has 2 rings (SSSR count). The maximum atomic E-state index is 13.2. The van der Waals surface area contributed by atoms with E-state index in [1.807, 2.05) is 26.1 Å². The van der Waals surface area contributed by atoms with Crippen LogP contribution in [0.15, 0.2) is 40.9 Å². The van der Waals surface area contributed by atoms with E-state index in [2.05, 4.69) is 21.2 Å². The fourth-order valence-corrected chi connectivity index (χ4v) is 2.20. The lowest BCUT2D eigenvalue weighted by Crippen LogP contribution is -2.13. The highest BCUT2D eigenvalue weighted by atomic mass is 79.9. The maximum Gasteiger partial charge on any atom is 0.133 e. The Morgan fingerprint density at radius 2 is 1.75 bits per heavy atom. The lowest BCUT2D eigenvalue weighted by atomic mass is 10.1. The van der Waals surface area contributed by atoms with Crippen molar-refractivity contribution in [2.75, 3.05) is 7.05 Å². The molecule has 0 amide bonds. The molecule has 0 bridgehead atoms. The van der Waals surface area contributed by atoms with Crippen molar-refractivity contribution in [1.82, 2.24) is 5.32 Å². The first-order valence-corrected chi connectivity index (χ1v) is 6.89. The number of rotatable bonds is 4. The minimum atomic E-state index is -0.666. The zero-order valence-electron chi connectivity index (χ0n) is 11.1. The van der Waals surface area contributed by atoms with E-state index in [0.29, 0.717) is 5.75 Å². The molecule has 1 N–H and O–H groups in total. The molecule has 0 aliphatic carbocycles. The fourth-order valence-electron chi connectivity index (χ4n) is 1.82. The maximum absolute atomic E-state index is 13.2. The van der Waals surface area contributed by atoms with Crippen molar-refractivity contribution in [2.45, 2.75) is 13.0 Å². The van der Waals surface area contributed by atoms with Crippen molar-refractivity contribution < 1.29 is 13.5 Å². The molecular formula is C15H14BrF2NO. The van der Waals surface area contributed by atoms with Crippen LogP contribution < -0.4 is 10.1 Å². The van der Waals surface area contributed by atoms with Gasteiger partial charge in [0.15, 0.2) is 0 Å². The van der Waals surface area contributed by atoms with E-state index in [9.17, 15) is 8.78 Å². The second-order valence-electron chi connectivity index (χ2n) is 4.40. The average molecular weight is 342 g/mol. The molecule has 2 nitrogen and oxygen atoms in total. The number of hydrogen-bond donors (Lipinski definition) is 1. The number of nitrogens with one attached hydrogen (secondary N) is 1. The standard InChI is InChI=1S/C15H14BrF2NO/c1-9(19-2)14-5-10(16)3-4-15(14)20-13-7-11(17)6-12(18)8-13/h3-9,19H,1-2H3. The summed E-state index contributed by atoms with van der Waals surface area (Å²) in [4.78, 5) is 0. The van der Waals surface area contributed by atoms with E-state index in [1.165, 1.54) is 0 Å². The molecule has 1 atom stereocenters. The van der Waals surface area contributed by atoms with E-state index in [4.69, 9.17) is 4.74 Å². The van der Waals surface area contributed by atoms with Crippen LogP contribution >= 0.6 is 15.9 Å². The summed E-state index contributed by atoms with van der Waals surface area (Å²) in [6.45, 7) is 1.97. The third kappa shape index (κ3) is 3.55. The van der Waals surface area contributed by atoms with Crippen molar-refractivity contribution in [3.63, 3.8) is 0 Å². The number of hydrogen-bond acceptors (Lipinski definition) is 2. The van der Waals surface area contributed by atoms with Crippen LogP contribution in [0, 0.1) is 11.6 Å². The second-order valence-corrected chi connectivity index (χ2v) is 5.32. The Morgan fingerprint density at radius 3 is 2.35 bits per heavy atom. The van der Waals surface area contributed by atoms with Gasteiger partial charge in [-0.05, 0) is 32.2 Å². The van der Waals surface area contributed by atoms with Crippen molar-refractivity contribution in [3.8, 4) is 11.5 Å². The van der Waals surface area contributed by atoms with E-state index in [-0.39, 0.29) is 11.8 Å². The summed E-state index contributed by atoms with van der Waals surface area (Å²) in [7, 11) is 1.83. The van der Waals surface area contributed by atoms with Gasteiger partial charge in [0.05, 0.1) is 0 Å². The molecule has 1 unspecified atom stereocenters. The van der Waals surface area contributed by atoms with Crippen LogP contribution in [0.25, 0.3) is 0 Å². The Hall–Kier alpha value is -1.46. The summed E-state index contributed by atoms with van der Waals surface area (Å²) >= 11 is 3.40. The Kier molecular flexibility index (Phi) is 4.73. The van der Waals surface area contributed by atoms with E-state index in [0.717, 1.165) is 28.2 Å². The highest BCUT2D eigenvalue weighted by Crippen LogP contribution is 2.32. The van der Waals surface area contributed by atoms with Crippen LogP contribution in [0.3, 0.4) is 0 Å². The third-order valence-electron chi connectivity index (χ3n) is 2.94. The summed E-state index contributed by atoms with van der Waals surface area (Å²) in [5.41, 5.74) is 0.895. The van der Waals surface area contributed by atoms with Crippen LogP contribution in [-0.2, 0) is 0 Å². The molecule has 0 radical (unpaired) electrons. The van der Waals surface area contributed by atoms with Crippen LogP contribution in [0.4, 0.5) is 8.78 Å². The van der Waals surface area contributed by atoms with Gasteiger partial charge in [0.2, 0.25) is 0 Å². The summed E-state index contributed by atoms with van der Waals surface area (Å²) < 4.78 is 32.9. The molecule has 0 heterocycles. The Balaban J connectivity index is 2.37. The van der Waals surface area contributed by atoms with Gasteiger partial charge in [0, 0.05) is 34.3 Å². The Labute approximate surface area is 124 Å². The largest absolute Gasteiger partial charge is 0.457 e. The van der Waals surface area contributed by atoms with Crippen molar-refractivity contribution in [3.05, 3.63) is 58.1 Å². The van der Waals surface area contributed by atoms with Gasteiger partial charge in [-0.3, -0.25) is 0 Å². The van der Waals surface area contributed by atoms with Gasteiger partial charge >= 0.3 is 0 Å². The fraction of sp³-hybridized carbons (Fsp3) is 0.200. The monoisotopic (exact) mass is 341 g/mol. The second kappa shape index (κ2) is 6.33. The van der Waals surface area contributed by atoms with Crippen LogP contribution in [0.5, 0.6) is 11.5 Å². The van der Waals surface area contributed by atoms with E-state index < -0.39 is 11.6 Å². The van der Waals surface area contributed by atoms with Gasteiger partial charge < -0.3 is 10.1 Å². The topological polar surface area (TPSA) is 21.3 Å². The molecule has 0 saturated heterocycles. The summed E-state index contributed by atoms with van der Waals surface area (Å²) in [6, 6.07) is 8.64. The first-order valence-electron chi connectivity index (χ1n) is 6.10. The molecule has 0 aromatic heterocycles. The highest BCUT2D eigenvalue weighted by molar-refractivity contribution is 9.10. The highest BCUT2D eigenvalue weighted by Gasteiger charge is 2.12. The van der Waals surface area contributed by atoms with Gasteiger partial charge in [-0.1, -0.05) is 15.9 Å². The Morgan fingerprint density at radius 1 is 1.10 bits per heavy atom. The first kappa shape index (κ1) is 14.9. The zero-order chi connectivity index (χ0) is 14.7. The van der Waals surface area contributed by atoms with Crippen LogP contribution in [0.1, 0.15) is 18.5 Å². The molecule has 0 aliphatic rings. The Bertz CT molecular complexity index is 599. The van der Waals surface area contributed by atoms with E-state index in [1.54, 1.807) is 6.07 Å². The molecule has 2 aromatic rings.